The van der Waals surface area contributed by atoms with Gasteiger partial charge in [-0.05, 0) is 62.1 Å². The molecule has 1 aliphatic carbocycles. The molecule has 0 bridgehead atoms. The van der Waals surface area contributed by atoms with E-state index in [1.807, 2.05) is 0 Å². The van der Waals surface area contributed by atoms with Crippen molar-refractivity contribution in [2.24, 2.45) is 0 Å². The first kappa shape index (κ1) is 24.4. The zero-order valence-corrected chi connectivity index (χ0v) is 17.6. The topological polar surface area (TPSA) is 68.8 Å². The molecule has 0 aliphatic heterocycles. The van der Waals surface area contributed by atoms with Crippen molar-refractivity contribution in [1.82, 2.24) is 5.32 Å². The van der Waals surface area contributed by atoms with Gasteiger partial charge in [-0.3, -0.25) is 0 Å². The number of carbonyl (C=O) groups is 1. The van der Waals surface area contributed by atoms with E-state index in [-0.39, 0.29) is 23.6 Å². The molecule has 1 fully saturated rings. The molecule has 1 aliphatic rings. The van der Waals surface area contributed by atoms with Gasteiger partial charge in [0.25, 0.3) is 0 Å². The molecule has 0 saturated heterocycles. The van der Waals surface area contributed by atoms with E-state index in [0.717, 1.165) is 12.1 Å². The predicted octanol–water partition coefficient (Wildman–Crippen LogP) is 6.09. The summed E-state index contributed by atoms with van der Waals surface area (Å²) >= 11 is 0. The fourth-order valence-electron chi connectivity index (χ4n) is 3.43. The van der Waals surface area contributed by atoms with Crippen LogP contribution in [0.3, 0.4) is 0 Å². The smallest absolute Gasteiger partial charge is 0.490 e. The largest absolute Gasteiger partial charge is 0.573 e. The number of hydrogen-bond donors (Lipinski definition) is 2. The Kier molecular flexibility index (Phi) is 7.50. The minimum atomic E-state index is -4.82. The number of rotatable bonds is 7. The fourth-order valence-corrected chi connectivity index (χ4v) is 3.43. The maximum Gasteiger partial charge on any atom is 0.573 e. The van der Waals surface area contributed by atoms with E-state index in [4.69, 9.17) is 4.74 Å². The Morgan fingerprint density at radius 3 is 2.12 bits per heavy atom. The molecule has 33 heavy (non-hydrogen) atoms. The van der Waals surface area contributed by atoms with Crippen LogP contribution in [0.5, 0.6) is 17.2 Å². The molecule has 0 radical (unpaired) electrons. The highest BCUT2D eigenvalue weighted by atomic mass is 19.4. The first-order valence-electron chi connectivity index (χ1n) is 10.2. The predicted molar refractivity (Wildman–Crippen MR) is 110 cm³/mol. The molecule has 1 saturated carbocycles. The average Bonchev–Trinajstić information content (AvgIpc) is 2.69. The van der Waals surface area contributed by atoms with Crippen molar-refractivity contribution in [2.45, 2.75) is 57.2 Å². The number of amides is 2. The Labute approximate surface area is 187 Å². The second-order valence-corrected chi connectivity index (χ2v) is 7.65. The third-order valence-electron chi connectivity index (χ3n) is 4.76. The molecule has 2 N–H and O–H groups in total. The van der Waals surface area contributed by atoms with E-state index in [1.165, 1.54) is 24.3 Å². The first-order chi connectivity index (χ1) is 15.4. The second kappa shape index (κ2) is 10.1. The van der Waals surface area contributed by atoms with Crippen LogP contribution in [0.2, 0.25) is 0 Å². The maximum atomic E-state index is 12.9. The van der Waals surface area contributed by atoms with Gasteiger partial charge in [-0.15, -0.1) is 13.2 Å². The third-order valence-corrected chi connectivity index (χ3v) is 4.76. The van der Waals surface area contributed by atoms with Crippen molar-refractivity contribution >= 4 is 11.7 Å². The molecule has 6 nitrogen and oxygen atoms in total. The lowest BCUT2D eigenvalue weighted by Gasteiger charge is -2.29. The molecule has 0 aromatic heterocycles. The normalized spacial score (nSPS) is 18.8. The highest BCUT2D eigenvalue weighted by Gasteiger charge is 2.31. The van der Waals surface area contributed by atoms with Crippen molar-refractivity contribution in [3.8, 4) is 17.2 Å². The van der Waals surface area contributed by atoms with E-state index in [9.17, 15) is 26.7 Å². The summed E-state index contributed by atoms with van der Waals surface area (Å²) in [5.74, 6) is 0.127. The molecule has 2 aromatic carbocycles. The number of ether oxygens (including phenoxy) is 3. The number of urea groups is 1. The standard InChI is InChI=1S/C22H23F5N2O4/c1-21(23,24)32-18-11-9-17(10-12-18)31-16-7-5-14(6-8-16)28-20(30)29-15-3-2-4-19(13-15)33-22(25,26)27/h2-4,9-14,16H,5-8H2,1H3,(H2,28,29,30). The summed E-state index contributed by atoms with van der Waals surface area (Å²) in [5.41, 5.74) is 0.166. The molecule has 11 heteroatoms. The molecule has 3 rings (SSSR count). The van der Waals surface area contributed by atoms with Gasteiger partial charge < -0.3 is 24.8 Å². The van der Waals surface area contributed by atoms with Crippen LogP contribution >= 0.6 is 0 Å². The summed E-state index contributed by atoms with van der Waals surface area (Å²) in [4.78, 5) is 12.2. The summed E-state index contributed by atoms with van der Waals surface area (Å²) in [5, 5.41) is 5.29. The Morgan fingerprint density at radius 2 is 1.52 bits per heavy atom. The molecule has 0 heterocycles. The Hall–Kier alpha value is -3.24. The average molecular weight is 474 g/mol. The van der Waals surface area contributed by atoms with Crippen LogP contribution in [0.1, 0.15) is 32.6 Å². The van der Waals surface area contributed by atoms with Crippen molar-refractivity contribution in [3.05, 3.63) is 48.5 Å². The van der Waals surface area contributed by atoms with Gasteiger partial charge >= 0.3 is 18.5 Å². The zero-order chi connectivity index (χ0) is 24.1. The van der Waals surface area contributed by atoms with Gasteiger partial charge in [-0.1, -0.05) is 6.07 Å². The van der Waals surface area contributed by atoms with Gasteiger partial charge in [-0.2, -0.15) is 8.78 Å². The van der Waals surface area contributed by atoms with Crippen LogP contribution in [0.4, 0.5) is 32.4 Å². The van der Waals surface area contributed by atoms with Crippen LogP contribution in [0.25, 0.3) is 0 Å². The molecule has 0 spiro atoms. The lowest BCUT2D eigenvalue weighted by Crippen LogP contribution is -2.41. The van der Waals surface area contributed by atoms with Gasteiger partial charge in [0.05, 0.1) is 6.10 Å². The van der Waals surface area contributed by atoms with Gasteiger partial charge in [0.2, 0.25) is 0 Å². The Balaban J connectivity index is 1.42. The van der Waals surface area contributed by atoms with Gasteiger partial charge in [0.1, 0.15) is 17.2 Å². The van der Waals surface area contributed by atoms with Crippen LogP contribution in [0.15, 0.2) is 48.5 Å². The second-order valence-electron chi connectivity index (χ2n) is 7.65. The minimum Gasteiger partial charge on any atom is -0.490 e. The van der Waals surface area contributed by atoms with E-state index in [0.29, 0.717) is 38.4 Å². The van der Waals surface area contributed by atoms with Crippen LogP contribution in [0, 0.1) is 0 Å². The highest BCUT2D eigenvalue weighted by Crippen LogP contribution is 2.28. The van der Waals surface area contributed by atoms with Gasteiger partial charge in [-0.25, -0.2) is 4.79 Å². The number of alkyl halides is 5. The number of anilines is 1. The molecular formula is C22H23F5N2O4. The van der Waals surface area contributed by atoms with E-state index in [2.05, 4.69) is 20.1 Å². The van der Waals surface area contributed by atoms with Crippen LogP contribution < -0.4 is 24.8 Å². The monoisotopic (exact) mass is 474 g/mol. The fraction of sp³-hybridized carbons (Fsp3) is 0.409. The number of carbonyl (C=O) groups excluding carboxylic acids is 1. The highest BCUT2D eigenvalue weighted by molar-refractivity contribution is 5.89. The number of nitrogens with one attached hydrogen (secondary N) is 2. The first-order valence-corrected chi connectivity index (χ1v) is 10.2. The number of benzene rings is 2. The van der Waals surface area contributed by atoms with Gasteiger partial charge in [0.15, 0.2) is 0 Å². The van der Waals surface area contributed by atoms with Crippen molar-refractivity contribution in [1.29, 1.82) is 0 Å². The summed E-state index contributed by atoms with van der Waals surface area (Å²) in [6, 6.07) is 10.3. The molecule has 0 unspecified atom stereocenters. The van der Waals surface area contributed by atoms with Crippen LogP contribution in [-0.4, -0.2) is 30.6 Å². The molecular weight excluding hydrogens is 451 g/mol. The summed E-state index contributed by atoms with van der Waals surface area (Å²) < 4.78 is 76.9. The molecule has 0 atom stereocenters. The molecule has 2 amide bonds. The lowest BCUT2D eigenvalue weighted by molar-refractivity contribution is -0.274. The van der Waals surface area contributed by atoms with Crippen molar-refractivity contribution in [2.75, 3.05) is 5.32 Å². The minimum absolute atomic E-state index is 0.0317. The summed E-state index contributed by atoms with van der Waals surface area (Å²) in [6.45, 7) is 0.656. The Bertz CT molecular complexity index is 924. The zero-order valence-electron chi connectivity index (χ0n) is 17.6. The van der Waals surface area contributed by atoms with Crippen molar-refractivity contribution < 1.29 is 41.0 Å². The van der Waals surface area contributed by atoms with Crippen molar-refractivity contribution in [3.63, 3.8) is 0 Å². The van der Waals surface area contributed by atoms with E-state index in [1.54, 1.807) is 12.1 Å². The summed E-state index contributed by atoms with van der Waals surface area (Å²) in [7, 11) is 0. The van der Waals surface area contributed by atoms with Crippen LogP contribution in [-0.2, 0) is 0 Å². The third kappa shape index (κ3) is 8.66. The van der Waals surface area contributed by atoms with Gasteiger partial charge in [0, 0.05) is 24.7 Å². The number of hydrogen-bond acceptors (Lipinski definition) is 4. The SMILES string of the molecule is CC(F)(F)Oc1ccc(OC2CCC(NC(=O)Nc3cccc(OC(F)(F)F)c3)CC2)cc1. The van der Waals surface area contributed by atoms with E-state index < -0.39 is 24.3 Å². The summed E-state index contributed by atoms with van der Waals surface area (Å²) in [6.07, 6.45) is -5.59. The van der Waals surface area contributed by atoms with E-state index >= 15 is 0 Å². The quantitative estimate of drug-likeness (QED) is 0.477. The maximum absolute atomic E-state index is 12.9. The molecule has 2 aromatic rings. The Morgan fingerprint density at radius 1 is 0.879 bits per heavy atom. The number of halogens is 5. The molecule has 180 valence electrons. The lowest BCUT2D eigenvalue weighted by atomic mass is 9.93.